The molecule has 4 aromatic rings. The second kappa shape index (κ2) is 8.41. The van der Waals surface area contributed by atoms with Gasteiger partial charge in [-0.1, -0.05) is 35.9 Å². The van der Waals surface area contributed by atoms with Gasteiger partial charge in [-0.15, -0.1) is 11.3 Å². The van der Waals surface area contributed by atoms with Crippen LogP contribution in [0.1, 0.15) is 9.67 Å². The van der Waals surface area contributed by atoms with Crippen molar-refractivity contribution in [3.8, 4) is 11.3 Å². The van der Waals surface area contributed by atoms with E-state index in [1.54, 1.807) is 17.0 Å². The Morgan fingerprint density at radius 2 is 1.72 bits per heavy atom. The molecule has 32 heavy (non-hydrogen) atoms. The van der Waals surface area contributed by atoms with Crippen molar-refractivity contribution in [1.82, 2.24) is 9.88 Å². The molecule has 2 aromatic heterocycles. The molecule has 5 rings (SSSR count). The fourth-order valence-corrected chi connectivity index (χ4v) is 5.13. The highest BCUT2D eigenvalue weighted by atomic mass is 35.5. The van der Waals surface area contributed by atoms with Gasteiger partial charge in [-0.3, -0.25) is 4.79 Å². The summed E-state index contributed by atoms with van der Waals surface area (Å²) >= 11 is 7.29. The minimum absolute atomic E-state index is 0.105. The molecule has 0 unspecified atom stereocenters. The molecule has 2 aromatic carbocycles. The second-order valence-corrected chi connectivity index (χ2v) is 9.07. The van der Waals surface area contributed by atoms with Gasteiger partial charge in [0, 0.05) is 42.2 Å². The van der Waals surface area contributed by atoms with E-state index in [9.17, 15) is 9.18 Å². The number of nitrogen functional groups attached to an aromatic ring is 1. The third-order valence-corrected chi connectivity index (χ3v) is 7.04. The Bertz CT molecular complexity index is 1300. The number of thiophene rings is 1. The van der Waals surface area contributed by atoms with Crippen LogP contribution < -0.4 is 10.6 Å². The Balaban J connectivity index is 1.36. The first-order chi connectivity index (χ1) is 15.5. The van der Waals surface area contributed by atoms with Crippen LogP contribution >= 0.6 is 22.9 Å². The van der Waals surface area contributed by atoms with Crippen LogP contribution in [-0.4, -0.2) is 42.0 Å². The molecular formula is C24H20ClFN4OS. The Morgan fingerprint density at radius 3 is 2.44 bits per heavy atom. The second-order valence-electron chi connectivity index (χ2n) is 7.63. The average Bonchev–Trinajstić information content (AvgIpc) is 3.15. The molecule has 0 spiro atoms. The van der Waals surface area contributed by atoms with Crippen LogP contribution in [0.5, 0.6) is 0 Å². The number of halogens is 2. The minimum atomic E-state index is -0.247. The first-order valence-corrected chi connectivity index (χ1v) is 11.4. The molecule has 0 bridgehead atoms. The van der Waals surface area contributed by atoms with Gasteiger partial charge in [-0.05, 0) is 36.4 Å². The quantitative estimate of drug-likeness (QED) is 0.445. The van der Waals surface area contributed by atoms with Crippen molar-refractivity contribution in [2.45, 2.75) is 0 Å². The third-order valence-electron chi connectivity index (χ3n) is 5.69. The zero-order chi connectivity index (χ0) is 22.2. The summed E-state index contributed by atoms with van der Waals surface area (Å²) in [6, 6.07) is 18.0. The fourth-order valence-electron chi connectivity index (χ4n) is 3.94. The zero-order valence-corrected chi connectivity index (χ0v) is 18.7. The van der Waals surface area contributed by atoms with E-state index >= 15 is 0 Å². The lowest BCUT2D eigenvalue weighted by Gasteiger charge is -2.36. The van der Waals surface area contributed by atoms with E-state index in [4.69, 9.17) is 22.3 Å². The number of anilines is 2. The number of pyridine rings is 1. The maximum atomic E-state index is 14.1. The number of carbonyl (C=O) groups is 1. The summed E-state index contributed by atoms with van der Waals surface area (Å²) in [5.41, 5.74) is 9.11. The number of amides is 1. The fraction of sp³-hybridized carbons (Fsp3) is 0.167. The number of nitrogens with two attached hydrogens (primary N) is 1. The molecule has 1 aliphatic rings. The van der Waals surface area contributed by atoms with Gasteiger partial charge in [0.1, 0.15) is 15.5 Å². The normalized spacial score (nSPS) is 14.2. The summed E-state index contributed by atoms with van der Waals surface area (Å²) in [4.78, 5) is 22.9. The van der Waals surface area contributed by atoms with Crippen LogP contribution in [0, 0.1) is 5.82 Å². The molecule has 8 heteroatoms. The summed E-state index contributed by atoms with van der Waals surface area (Å²) in [5.74, 6) is -0.352. The van der Waals surface area contributed by atoms with Gasteiger partial charge in [0.05, 0.1) is 17.1 Å². The molecule has 0 atom stereocenters. The highest BCUT2D eigenvalue weighted by Crippen LogP contribution is 2.35. The number of piperazine rings is 1. The van der Waals surface area contributed by atoms with Gasteiger partial charge >= 0.3 is 0 Å². The standard InChI is InChI=1S/C24H20ClFN4OS/c25-16-7-5-15(6-8-16)19-10-9-17-21(27)22(32-23(17)28-19)24(31)30-13-11-29(12-14-30)20-4-2-1-3-18(20)26/h1-10H,11-14,27H2. The molecule has 162 valence electrons. The largest absolute Gasteiger partial charge is 0.397 e. The number of aromatic nitrogens is 1. The Morgan fingerprint density at radius 1 is 1.00 bits per heavy atom. The molecule has 1 aliphatic heterocycles. The predicted octanol–water partition coefficient (Wildman–Crippen LogP) is 5.30. The summed E-state index contributed by atoms with van der Waals surface area (Å²) in [6.07, 6.45) is 0. The molecule has 1 amide bonds. The van der Waals surface area contributed by atoms with Crippen LogP contribution in [0.25, 0.3) is 21.5 Å². The van der Waals surface area contributed by atoms with E-state index in [-0.39, 0.29) is 11.7 Å². The summed E-state index contributed by atoms with van der Waals surface area (Å²) in [7, 11) is 0. The van der Waals surface area contributed by atoms with Crippen LogP contribution in [0.15, 0.2) is 60.7 Å². The number of fused-ring (bicyclic) bond motifs is 1. The van der Waals surface area contributed by atoms with E-state index in [1.165, 1.54) is 17.4 Å². The van der Waals surface area contributed by atoms with Crippen LogP contribution in [-0.2, 0) is 0 Å². The molecular weight excluding hydrogens is 447 g/mol. The molecule has 0 saturated carbocycles. The number of para-hydroxylation sites is 1. The van der Waals surface area contributed by atoms with E-state index in [0.717, 1.165) is 21.5 Å². The van der Waals surface area contributed by atoms with Gasteiger partial charge in [0.25, 0.3) is 5.91 Å². The molecule has 1 saturated heterocycles. The molecule has 3 heterocycles. The van der Waals surface area contributed by atoms with Crippen molar-refractivity contribution in [3.63, 3.8) is 0 Å². The van der Waals surface area contributed by atoms with Gasteiger partial charge in [0.15, 0.2) is 0 Å². The topological polar surface area (TPSA) is 62.5 Å². The van der Waals surface area contributed by atoms with Crippen LogP contribution in [0.2, 0.25) is 5.02 Å². The Hall–Kier alpha value is -3.16. The molecule has 2 N–H and O–H groups in total. The molecule has 1 fully saturated rings. The summed E-state index contributed by atoms with van der Waals surface area (Å²) < 4.78 is 14.1. The number of carbonyl (C=O) groups excluding carboxylic acids is 1. The first-order valence-electron chi connectivity index (χ1n) is 10.2. The van der Waals surface area contributed by atoms with Crippen molar-refractivity contribution >= 4 is 50.4 Å². The lowest BCUT2D eigenvalue weighted by molar-refractivity contribution is 0.0752. The molecule has 0 aliphatic carbocycles. The van der Waals surface area contributed by atoms with Crippen molar-refractivity contribution in [2.75, 3.05) is 36.8 Å². The molecule has 5 nitrogen and oxygen atoms in total. The first kappa shape index (κ1) is 20.7. The minimum Gasteiger partial charge on any atom is -0.397 e. The number of hydrogen-bond donors (Lipinski definition) is 1. The van der Waals surface area contributed by atoms with Crippen molar-refractivity contribution in [2.24, 2.45) is 0 Å². The smallest absolute Gasteiger partial charge is 0.266 e. The van der Waals surface area contributed by atoms with Gasteiger partial charge in [0.2, 0.25) is 0 Å². The maximum Gasteiger partial charge on any atom is 0.266 e. The van der Waals surface area contributed by atoms with E-state index in [1.807, 2.05) is 47.4 Å². The van der Waals surface area contributed by atoms with Crippen LogP contribution in [0.4, 0.5) is 15.8 Å². The number of hydrogen-bond acceptors (Lipinski definition) is 5. The van der Waals surface area contributed by atoms with E-state index < -0.39 is 0 Å². The molecule has 0 radical (unpaired) electrons. The zero-order valence-electron chi connectivity index (χ0n) is 17.1. The summed E-state index contributed by atoms with van der Waals surface area (Å²) in [5, 5.41) is 1.44. The average molecular weight is 467 g/mol. The third kappa shape index (κ3) is 3.78. The van der Waals surface area contributed by atoms with Gasteiger partial charge in [-0.25, -0.2) is 9.37 Å². The summed E-state index contributed by atoms with van der Waals surface area (Å²) in [6.45, 7) is 2.14. The van der Waals surface area contributed by atoms with Crippen molar-refractivity contribution in [1.29, 1.82) is 0 Å². The monoisotopic (exact) mass is 466 g/mol. The van der Waals surface area contributed by atoms with Crippen molar-refractivity contribution in [3.05, 3.63) is 76.4 Å². The number of rotatable bonds is 3. The number of benzene rings is 2. The van der Waals surface area contributed by atoms with Gasteiger partial charge < -0.3 is 15.5 Å². The Kier molecular flexibility index (Phi) is 5.45. The lowest BCUT2D eigenvalue weighted by Crippen LogP contribution is -2.49. The Labute approximate surface area is 193 Å². The lowest BCUT2D eigenvalue weighted by atomic mass is 10.1. The predicted molar refractivity (Wildman–Crippen MR) is 129 cm³/mol. The van der Waals surface area contributed by atoms with Crippen molar-refractivity contribution < 1.29 is 9.18 Å². The highest BCUT2D eigenvalue weighted by molar-refractivity contribution is 7.21. The van der Waals surface area contributed by atoms with Gasteiger partial charge in [-0.2, -0.15) is 0 Å². The highest BCUT2D eigenvalue weighted by Gasteiger charge is 2.27. The van der Waals surface area contributed by atoms with E-state index in [0.29, 0.717) is 47.5 Å². The van der Waals surface area contributed by atoms with E-state index in [2.05, 4.69) is 0 Å². The number of nitrogens with zero attached hydrogens (tertiary/aromatic N) is 3. The van der Waals surface area contributed by atoms with Crippen LogP contribution in [0.3, 0.4) is 0 Å². The SMILES string of the molecule is Nc1c(C(=O)N2CCN(c3ccccc3F)CC2)sc2nc(-c3ccc(Cl)cc3)ccc12. The maximum absolute atomic E-state index is 14.1.